The number of rotatable bonds is 2. The van der Waals surface area contributed by atoms with Crippen molar-refractivity contribution < 1.29 is 32.6 Å². The van der Waals surface area contributed by atoms with Gasteiger partial charge in [-0.2, -0.15) is 13.2 Å². The lowest BCUT2D eigenvalue weighted by molar-refractivity contribution is -0.192. The Balaban J connectivity index is 0.000000454. The Morgan fingerprint density at radius 3 is 2.14 bits per heavy atom. The minimum atomic E-state index is -5.08. The number of halogens is 3. The largest absolute Gasteiger partial charge is 0.490 e. The van der Waals surface area contributed by atoms with Crippen LogP contribution in [0.1, 0.15) is 26.3 Å². The molecule has 1 amide bonds. The van der Waals surface area contributed by atoms with E-state index in [0.29, 0.717) is 26.2 Å². The number of aliphatic carboxylic acids is 1. The number of carbonyl (C=O) groups is 2. The van der Waals surface area contributed by atoms with Gasteiger partial charge in [-0.3, -0.25) is 0 Å². The second-order valence-electron chi connectivity index (χ2n) is 9.15. The number of piperazine rings is 1. The van der Waals surface area contributed by atoms with Crippen molar-refractivity contribution >= 4 is 39.4 Å². The van der Waals surface area contributed by atoms with Gasteiger partial charge < -0.3 is 19.6 Å². The van der Waals surface area contributed by atoms with Gasteiger partial charge in [-0.1, -0.05) is 29.8 Å². The number of carbonyl (C=O) groups excluding carboxylic acids is 1. The van der Waals surface area contributed by atoms with Gasteiger partial charge in [-0.15, -0.1) is 11.3 Å². The number of carboxylic acid groups (broad SMARTS) is 1. The van der Waals surface area contributed by atoms with E-state index >= 15 is 0 Å². The van der Waals surface area contributed by atoms with E-state index in [9.17, 15) is 18.0 Å². The highest BCUT2D eigenvalue weighted by Gasteiger charge is 2.38. The molecule has 1 saturated heterocycles. The second kappa shape index (κ2) is 10.7. The van der Waals surface area contributed by atoms with E-state index in [0.717, 1.165) is 21.6 Å². The van der Waals surface area contributed by atoms with Crippen LogP contribution in [0.3, 0.4) is 0 Å². The van der Waals surface area contributed by atoms with Crippen molar-refractivity contribution in [3.8, 4) is 11.1 Å². The third kappa shape index (κ3) is 6.84. The summed E-state index contributed by atoms with van der Waals surface area (Å²) in [7, 11) is 0. The number of nitrogens with zero attached hydrogens (tertiary/aromatic N) is 4. The molecule has 0 atom stereocenters. The number of alkyl halides is 3. The number of anilines is 1. The maximum absolute atomic E-state index is 12.4. The van der Waals surface area contributed by atoms with E-state index in [1.54, 1.807) is 22.6 Å². The number of benzene rings is 1. The van der Waals surface area contributed by atoms with Crippen LogP contribution < -0.4 is 4.90 Å². The molecule has 1 aliphatic heterocycles. The Morgan fingerprint density at radius 2 is 1.61 bits per heavy atom. The zero-order valence-corrected chi connectivity index (χ0v) is 21.1. The molecule has 1 fully saturated rings. The fourth-order valence-electron chi connectivity index (χ4n) is 3.47. The van der Waals surface area contributed by atoms with Crippen LogP contribution in [0.4, 0.5) is 23.8 Å². The highest BCUT2D eigenvalue weighted by molar-refractivity contribution is 7.17. The monoisotopic (exact) mass is 524 g/mol. The second-order valence-corrected chi connectivity index (χ2v) is 10.0. The van der Waals surface area contributed by atoms with E-state index in [2.05, 4.69) is 51.4 Å². The molecule has 0 unspecified atom stereocenters. The molecule has 0 saturated carbocycles. The van der Waals surface area contributed by atoms with Crippen LogP contribution >= 0.6 is 11.3 Å². The highest BCUT2D eigenvalue weighted by Crippen LogP contribution is 2.38. The van der Waals surface area contributed by atoms with E-state index in [1.165, 1.54) is 11.1 Å². The summed E-state index contributed by atoms with van der Waals surface area (Å²) < 4.78 is 37.2. The first kappa shape index (κ1) is 27.2. The van der Waals surface area contributed by atoms with Crippen molar-refractivity contribution in [3.63, 3.8) is 0 Å². The summed E-state index contributed by atoms with van der Waals surface area (Å²) in [5.41, 5.74) is 3.09. The number of aryl methyl sites for hydroxylation is 1. The Bertz CT molecular complexity index is 1210. The van der Waals surface area contributed by atoms with E-state index in [1.807, 2.05) is 20.8 Å². The maximum atomic E-state index is 12.4. The van der Waals surface area contributed by atoms with Crippen molar-refractivity contribution in [2.24, 2.45) is 0 Å². The summed E-state index contributed by atoms with van der Waals surface area (Å²) in [4.78, 5) is 35.4. The minimum absolute atomic E-state index is 0.249. The number of amides is 1. The molecule has 3 heterocycles. The highest BCUT2D eigenvalue weighted by atomic mass is 32.1. The molecule has 3 aromatic rings. The zero-order valence-electron chi connectivity index (χ0n) is 20.3. The number of thiophene rings is 1. The molecule has 0 spiro atoms. The van der Waals surface area contributed by atoms with Gasteiger partial charge in [0, 0.05) is 37.1 Å². The average Bonchev–Trinajstić information content (AvgIpc) is 3.23. The zero-order chi connectivity index (χ0) is 26.7. The molecule has 8 nitrogen and oxygen atoms in total. The van der Waals surface area contributed by atoms with Crippen molar-refractivity contribution in [1.29, 1.82) is 0 Å². The Morgan fingerprint density at radius 1 is 1.03 bits per heavy atom. The fraction of sp³-hybridized carbons (Fsp3) is 0.417. The van der Waals surface area contributed by atoms with Crippen LogP contribution in [0, 0.1) is 6.92 Å². The van der Waals surface area contributed by atoms with Gasteiger partial charge in [-0.25, -0.2) is 19.6 Å². The molecule has 4 rings (SSSR count). The predicted molar refractivity (Wildman–Crippen MR) is 131 cm³/mol. The van der Waals surface area contributed by atoms with Crippen LogP contribution in [-0.2, 0) is 9.53 Å². The van der Waals surface area contributed by atoms with Gasteiger partial charge in [0.15, 0.2) is 0 Å². The number of hydrogen-bond donors (Lipinski definition) is 1. The molecule has 36 heavy (non-hydrogen) atoms. The van der Waals surface area contributed by atoms with E-state index in [-0.39, 0.29) is 6.09 Å². The first-order valence-electron chi connectivity index (χ1n) is 11.1. The van der Waals surface area contributed by atoms with Crippen molar-refractivity contribution in [3.05, 3.63) is 41.5 Å². The molecule has 1 aliphatic rings. The number of carboxylic acids is 1. The SMILES string of the molecule is Cc1ccc(-c2csc3ncnc(N4CCN(C(=O)OC(C)(C)C)CC4)c23)cc1.O=C(O)C(F)(F)F. The summed E-state index contributed by atoms with van der Waals surface area (Å²) in [6.07, 6.45) is -3.70. The summed E-state index contributed by atoms with van der Waals surface area (Å²) in [5.74, 6) is -1.82. The quantitative estimate of drug-likeness (QED) is 0.482. The lowest BCUT2D eigenvalue weighted by Gasteiger charge is -2.36. The van der Waals surface area contributed by atoms with Crippen LogP contribution in [0.25, 0.3) is 21.3 Å². The minimum Gasteiger partial charge on any atom is -0.475 e. The van der Waals surface area contributed by atoms with E-state index < -0.39 is 17.7 Å². The van der Waals surface area contributed by atoms with Gasteiger partial charge >= 0.3 is 18.2 Å². The van der Waals surface area contributed by atoms with Gasteiger partial charge in [0.1, 0.15) is 22.6 Å². The van der Waals surface area contributed by atoms with Gasteiger partial charge in [0.25, 0.3) is 0 Å². The van der Waals surface area contributed by atoms with Crippen molar-refractivity contribution in [2.45, 2.75) is 39.5 Å². The lowest BCUT2D eigenvalue weighted by atomic mass is 10.0. The Kier molecular flexibility index (Phi) is 8.07. The van der Waals surface area contributed by atoms with Crippen molar-refractivity contribution in [2.75, 3.05) is 31.1 Å². The van der Waals surface area contributed by atoms with Gasteiger partial charge in [0.2, 0.25) is 0 Å². The van der Waals surface area contributed by atoms with E-state index in [4.69, 9.17) is 14.6 Å². The third-order valence-electron chi connectivity index (χ3n) is 5.19. The molecule has 0 radical (unpaired) electrons. The topological polar surface area (TPSA) is 95.9 Å². The molecule has 2 aromatic heterocycles. The summed E-state index contributed by atoms with van der Waals surface area (Å²) in [6.45, 7) is 10.4. The molecule has 1 N–H and O–H groups in total. The molecule has 1 aromatic carbocycles. The first-order chi connectivity index (χ1) is 16.8. The Labute approximate surface area is 210 Å². The third-order valence-corrected chi connectivity index (χ3v) is 6.07. The standard InChI is InChI=1S/C22H26N4O2S.C2HF3O2/c1-15-5-7-16(8-6-15)17-13-29-20-18(17)19(23-14-24-20)25-9-11-26(12-10-25)21(27)28-22(2,3)4;3-2(4,5)1(6)7/h5-8,13-14H,9-12H2,1-4H3;(H,6,7). The molecule has 194 valence electrons. The Hall–Kier alpha value is -3.41. The fourth-order valence-corrected chi connectivity index (χ4v) is 4.38. The van der Waals surface area contributed by atoms with Crippen LogP contribution in [0.2, 0.25) is 0 Å². The predicted octanol–water partition coefficient (Wildman–Crippen LogP) is 5.36. The summed E-state index contributed by atoms with van der Waals surface area (Å²) in [6, 6.07) is 8.55. The molecule has 0 bridgehead atoms. The molecular formula is C24H27F3N4O4S. The normalized spacial score (nSPS) is 14.3. The molecule has 0 aliphatic carbocycles. The van der Waals surface area contributed by atoms with Crippen LogP contribution in [0.15, 0.2) is 36.0 Å². The van der Waals surface area contributed by atoms with Crippen LogP contribution in [-0.4, -0.2) is 70.0 Å². The summed E-state index contributed by atoms with van der Waals surface area (Å²) >= 11 is 1.64. The smallest absolute Gasteiger partial charge is 0.475 e. The van der Waals surface area contributed by atoms with Gasteiger partial charge in [-0.05, 0) is 33.3 Å². The lowest BCUT2D eigenvalue weighted by Crippen LogP contribution is -2.50. The number of hydrogen-bond acceptors (Lipinski definition) is 7. The number of ether oxygens (including phenoxy) is 1. The molecule has 12 heteroatoms. The van der Waals surface area contributed by atoms with Crippen molar-refractivity contribution in [1.82, 2.24) is 14.9 Å². The van der Waals surface area contributed by atoms with Crippen LogP contribution in [0.5, 0.6) is 0 Å². The summed E-state index contributed by atoms with van der Waals surface area (Å²) in [5, 5.41) is 10.4. The first-order valence-corrected chi connectivity index (χ1v) is 12.0. The maximum Gasteiger partial charge on any atom is 0.490 e. The average molecular weight is 525 g/mol. The number of fused-ring (bicyclic) bond motifs is 1. The molecular weight excluding hydrogens is 497 g/mol. The number of aromatic nitrogens is 2. The van der Waals surface area contributed by atoms with Gasteiger partial charge in [0.05, 0.1) is 5.39 Å².